The number of nitrogens with zero attached hydrogens (tertiary/aromatic N) is 1. The molecule has 1 saturated heterocycles. The third kappa shape index (κ3) is 2.83. The molecule has 2 rings (SSSR count). The Labute approximate surface area is 119 Å². The minimum Gasteiger partial charge on any atom is -0.353 e. The van der Waals surface area contributed by atoms with Crippen molar-refractivity contribution in [2.45, 2.75) is 38.4 Å². The average Bonchev–Trinajstić information content (AvgIpc) is 2.45. The van der Waals surface area contributed by atoms with Crippen LogP contribution in [-0.2, 0) is 4.79 Å². The SMILES string of the molecule is CCC(N)C(c1ccccc1F)N1CCNC(=O)C1C. The molecule has 1 heterocycles. The Hall–Kier alpha value is -1.46. The summed E-state index contributed by atoms with van der Waals surface area (Å²) in [4.78, 5) is 13.9. The van der Waals surface area contributed by atoms with Crippen molar-refractivity contribution in [1.29, 1.82) is 0 Å². The van der Waals surface area contributed by atoms with Gasteiger partial charge in [0.1, 0.15) is 5.82 Å². The number of nitrogens with two attached hydrogens (primary N) is 1. The Balaban J connectivity index is 2.38. The minimum absolute atomic E-state index is 0.0270. The van der Waals surface area contributed by atoms with E-state index in [2.05, 4.69) is 5.32 Å². The average molecular weight is 279 g/mol. The highest BCUT2D eigenvalue weighted by Crippen LogP contribution is 2.29. The fraction of sp³-hybridized carbons (Fsp3) is 0.533. The molecule has 20 heavy (non-hydrogen) atoms. The molecule has 1 fully saturated rings. The number of carbonyl (C=O) groups is 1. The molecular formula is C15H22FN3O. The zero-order valence-corrected chi connectivity index (χ0v) is 12.0. The molecule has 1 aromatic carbocycles. The number of piperazine rings is 1. The molecule has 0 aromatic heterocycles. The summed E-state index contributed by atoms with van der Waals surface area (Å²) in [7, 11) is 0. The summed E-state index contributed by atoms with van der Waals surface area (Å²) < 4.78 is 14.1. The predicted octanol–water partition coefficient (Wildman–Crippen LogP) is 1.42. The topological polar surface area (TPSA) is 58.4 Å². The van der Waals surface area contributed by atoms with Crippen molar-refractivity contribution in [1.82, 2.24) is 10.2 Å². The number of nitrogens with one attached hydrogen (secondary N) is 1. The molecule has 1 amide bonds. The van der Waals surface area contributed by atoms with Crippen LogP contribution in [0.15, 0.2) is 24.3 Å². The van der Waals surface area contributed by atoms with Gasteiger partial charge in [-0.15, -0.1) is 0 Å². The molecule has 0 aliphatic carbocycles. The monoisotopic (exact) mass is 279 g/mol. The fourth-order valence-corrected chi connectivity index (χ4v) is 2.77. The lowest BCUT2D eigenvalue weighted by molar-refractivity contribution is -0.129. The highest BCUT2D eigenvalue weighted by Gasteiger charge is 2.35. The van der Waals surface area contributed by atoms with E-state index in [-0.39, 0.29) is 29.8 Å². The second-order valence-electron chi connectivity index (χ2n) is 5.24. The molecule has 110 valence electrons. The van der Waals surface area contributed by atoms with Crippen LogP contribution in [0.25, 0.3) is 0 Å². The zero-order valence-electron chi connectivity index (χ0n) is 12.0. The van der Waals surface area contributed by atoms with Gasteiger partial charge in [-0.1, -0.05) is 25.1 Å². The third-order valence-corrected chi connectivity index (χ3v) is 4.00. The first kappa shape index (κ1) is 14.9. The lowest BCUT2D eigenvalue weighted by Crippen LogP contribution is -2.57. The number of hydrogen-bond donors (Lipinski definition) is 2. The van der Waals surface area contributed by atoms with Crippen LogP contribution in [0, 0.1) is 5.82 Å². The fourth-order valence-electron chi connectivity index (χ4n) is 2.77. The maximum atomic E-state index is 14.1. The van der Waals surface area contributed by atoms with Crippen LogP contribution in [0.5, 0.6) is 0 Å². The first-order valence-electron chi connectivity index (χ1n) is 7.09. The Morgan fingerprint density at radius 1 is 1.50 bits per heavy atom. The quantitative estimate of drug-likeness (QED) is 0.876. The van der Waals surface area contributed by atoms with Crippen molar-refractivity contribution >= 4 is 5.91 Å². The number of hydrogen-bond acceptors (Lipinski definition) is 3. The summed E-state index contributed by atoms with van der Waals surface area (Å²) in [5.74, 6) is -0.291. The smallest absolute Gasteiger partial charge is 0.237 e. The van der Waals surface area contributed by atoms with E-state index in [0.29, 0.717) is 18.7 Å². The number of amides is 1. The summed E-state index contributed by atoms with van der Waals surface area (Å²) in [6.45, 7) is 5.07. The summed E-state index contributed by atoms with van der Waals surface area (Å²) in [5, 5.41) is 2.82. The summed E-state index contributed by atoms with van der Waals surface area (Å²) >= 11 is 0. The van der Waals surface area contributed by atoms with Crippen LogP contribution in [0.3, 0.4) is 0 Å². The Bertz CT molecular complexity index is 480. The van der Waals surface area contributed by atoms with E-state index in [1.807, 2.05) is 24.8 Å². The highest BCUT2D eigenvalue weighted by molar-refractivity contribution is 5.82. The molecule has 5 heteroatoms. The van der Waals surface area contributed by atoms with Crippen molar-refractivity contribution in [3.8, 4) is 0 Å². The number of carbonyl (C=O) groups excluding carboxylic acids is 1. The van der Waals surface area contributed by atoms with E-state index >= 15 is 0 Å². The van der Waals surface area contributed by atoms with Gasteiger partial charge in [-0.25, -0.2) is 4.39 Å². The standard InChI is InChI=1S/C15H22FN3O/c1-3-13(17)14(11-6-4-5-7-12(11)16)19-9-8-18-15(20)10(19)2/h4-7,10,13-14H,3,8-9,17H2,1-2H3,(H,18,20). The second kappa shape index (κ2) is 6.33. The normalized spacial score (nSPS) is 23.2. The highest BCUT2D eigenvalue weighted by atomic mass is 19.1. The number of rotatable bonds is 4. The van der Waals surface area contributed by atoms with Crippen LogP contribution < -0.4 is 11.1 Å². The molecule has 3 atom stereocenters. The molecule has 1 aliphatic heterocycles. The molecule has 0 spiro atoms. The summed E-state index contributed by atoms with van der Waals surface area (Å²) in [6, 6.07) is 5.89. The Morgan fingerprint density at radius 3 is 2.85 bits per heavy atom. The predicted molar refractivity (Wildman–Crippen MR) is 76.6 cm³/mol. The van der Waals surface area contributed by atoms with Crippen LogP contribution in [0.1, 0.15) is 31.9 Å². The van der Waals surface area contributed by atoms with E-state index < -0.39 is 0 Å². The van der Waals surface area contributed by atoms with E-state index in [9.17, 15) is 9.18 Å². The minimum atomic E-state index is -0.300. The van der Waals surface area contributed by atoms with Gasteiger partial charge in [-0.3, -0.25) is 9.69 Å². The maximum absolute atomic E-state index is 14.1. The first-order chi connectivity index (χ1) is 9.56. The van der Waals surface area contributed by atoms with Crippen LogP contribution in [0.4, 0.5) is 4.39 Å². The lowest BCUT2D eigenvalue weighted by Gasteiger charge is -2.41. The van der Waals surface area contributed by atoms with Crippen LogP contribution in [-0.4, -0.2) is 36.0 Å². The molecular weight excluding hydrogens is 257 g/mol. The van der Waals surface area contributed by atoms with E-state index in [4.69, 9.17) is 5.73 Å². The van der Waals surface area contributed by atoms with Gasteiger partial charge in [-0.2, -0.15) is 0 Å². The van der Waals surface area contributed by atoms with Gasteiger partial charge in [0.2, 0.25) is 5.91 Å². The Kier molecular flexibility index (Phi) is 4.73. The molecule has 1 aromatic rings. The molecule has 3 N–H and O–H groups in total. The van der Waals surface area contributed by atoms with Gasteiger partial charge in [-0.05, 0) is 19.4 Å². The van der Waals surface area contributed by atoms with Crippen LogP contribution >= 0.6 is 0 Å². The van der Waals surface area contributed by atoms with Gasteiger partial charge in [0.05, 0.1) is 12.1 Å². The molecule has 4 nitrogen and oxygen atoms in total. The van der Waals surface area contributed by atoms with Crippen molar-refractivity contribution in [2.24, 2.45) is 5.73 Å². The number of halogens is 1. The van der Waals surface area contributed by atoms with Crippen molar-refractivity contribution in [3.05, 3.63) is 35.6 Å². The van der Waals surface area contributed by atoms with Crippen LogP contribution in [0.2, 0.25) is 0 Å². The third-order valence-electron chi connectivity index (χ3n) is 4.00. The molecule has 0 saturated carbocycles. The van der Waals surface area contributed by atoms with Crippen molar-refractivity contribution < 1.29 is 9.18 Å². The van der Waals surface area contributed by atoms with Crippen molar-refractivity contribution in [2.75, 3.05) is 13.1 Å². The van der Waals surface area contributed by atoms with Crippen molar-refractivity contribution in [3.63, 3.8) is 0 Å². The van der Waals surface area contributed by atoms with Gasteiger partial charge in [0.15, 0.2) is 0 Å². The molecule has 1 aliphatic rings. The van der Waals surface area contributed by atoms with Gasteiger partial charge < -0.3 is 11.1 Å². The first-order valence-corrected chi connectivity index (χ1v) is 7.09. The molecule has 3 unspecified atom stereocenters. The second-order valence-corrected chi connectivity index (χ2v) is 5.24. The van der Waals surface area contributed by atoms with Gasteiger partial charge in [0.25, 0.3) is 0 Å². The zero-order chi connectivity index (χ0) is 14.7. The number of benzene rings is 1. The lowest BCUT2D eigenvalue weighted by atomic mass is 9.93. The van der Waals surface area contributed by atoms with Gasteiger partial charge in [0, 0.05) is 24.7 Å². The van der Waals surface area contributed by atoms with Gasteiger partial charge >= 0.3 is 0 Å². The molecule has 0 radical (unpaired) electrons. The summed E-state index contributed by atoms with van der Waals surface area (Å²) in [5.41, 5.74) is 6.79. The van der Waals surface area contributed by atoms with E-state index in [1.165, 1.54) is 6.07 Å². The molecule has 0 bridgehead atoms. The Morgan fingerprint density at radius 2 is 2.20 bits per heavy atom. The largest absolute Gasteiger partial charge is 0.353 e. The van der Waals surface area contributed by atoms with E-state index in [1.54, 1.807) is 12.1 Å². The summed E-state index contributed by atoms with van der Waals surface area (Å²) in [6.07, 6.45) is 0.726. The van der Waals surface area contributed by atoms with E-state index in [0.717, 1.165) is 6.42 Å². The maximum Gasteiger partial charge on any atom is 0.237 e.